The molecule has 2 heterocycles. The van der Waals surface area contributed by atoms with Crippen molar-refractivity contribution in [2.24, 2.45) is 0 Å². The van der Waals surface area contributed by atoms with Gasteiger partial charge in [0, 0.05) is 35.2 Å². The molecule has 5 nitrogen and oxygen atoms in total. The monoisotopic (exact) mass is 392 g/mol. The van der Waals surface area contributed by atoms with Crippen LogP contribution in [0.2, 0.25) is 5.02 Å². The predicted octanol–water partition coefficient (Wildman–Crippen LogP) is 5.33. The van der Waals surface area contributed by atoms with E-state index in [1.807, 2.05) is 6.07 Å². The molecular formula is C22H21ClN4O. The third kappa shape index (κ3) is 4.43. The summed E-state index contributed by atoms with van der Waals surface area (Å²) >= 11 is 5.86. The zero-order valence-corrected chi connectivity index (χ0v) is 16.1. The maximum atomic E-state index is 12.3. The molecular weight excluding hydrogens is 372 g/mol. The van der Waals surface area contributed by atoms with Gasteiger partial charge in [0.05, 0.1) is 11.9 Å². The number of nitrogens with one attached hydrogen (secondary N) is 2. The minimum Gasteiger partial charge on any atom is -0.372 e. The number of benzene rings is 2. The minimum atomic E-state index is -0.260. The van der Waals surface area contributed by atoms with Crippen LogP contribution in [0.5, 0.6) is 0 Å². The quantitative estimate of drug-likeness (QED) is 0.616. The first kappa shape index (κ1) is 18.3. The average molecular weight is 393 g/mol. The number of hydrogen-bond donors (Lipinski definition) is 2. The molecule has 0 atom stereocenters. The van der Waals surface area contributed by atoms with Crippen LogP contribution in [0.3, 0.4) is 0 Å². The van der Waals surface area contributed by atoms with Crippen molar-refractivity contribution in [1.82, 2.24) is 4.98 Å². The van der Waals surface area contributed by atoms with Gasteiger partial charge in [0.25, 0.3) is 5.91 Å². The van der Waals surface area contributed by atoms with Gasteiger partial charge in [-0.15, -0.1) is 0 Å². The second-order valence-electron chi connectivity index (χ2n) is 6.76. The molecule has 4 rings (SSSR count). The van der Waals surface area contributed by atoms with Crippen LogP contribution < -0.4 is 15.5 Å². The molecule has 1 aromatic heterocycles. The largest absolute Gasteiger partial charge is 0.372 e. The second-order valence-corrected chi connectivity index (χ2v) is 7.20. The summed E-state index contributed by atoms with van der Waals surface area (Å²) < 4.78 is 0. The van der Waals surface area contributed by atoms with Gasteiger partial charge >= 0.3 is 0 Å². The summed E-state index contributed by atoms with van der Waals surface area (Å²) in [6.45, 7) is 2.27. The van der Waals surface area contributed by atoms with Crippen LogP contribution in [0, 0.1) is 0 Å². The van der Waals surface area contributed by atoms with Gasteiger partial charge in [-0.1, -0.05) is 11.6 Å². The van der Waals surface area contributed by atoms with E-state index in [-0.39, 0.29) is 5.91 Å². The van der Waals surface area contributed by atoms with E-state index in [0.29, 0.717) is 16.4 Å². The lowest BCUT2D eigenvalue weighted by atomic mass is 10.2. The summed E-state index contributed by atoms with van der Waals surface area (Å²) in [5.74, 6) is -0.260. The highest BCUT2D eigenvalue weighted by molar-refractivity contribution is 6.30. The van der Waals surface area contributed by atoms with Crippen LogP contribution in [0.15, 0.2) is 66.9 Å². The van der Waals surface area contributed by atoms with E-state index in [1.165, 1.54) is 18.5 Å². The fourth-order valence-electron chi connectivity index (χ4n) is 3.23. The highest BCUT2D eigenvalue weighted by atomic mass is 35.5. The molecule has 28 heavy (non-hydrogen) atoms. The van der Waals surface area contributed by atoms with Gasteiger partial charge in [0.2, 0.25) is 0 Å². The van der Waals surface area contributed by atoms with Crippen molar-refractivity contribution < 1.29 is 4.79 Å². The molecule has 0 bridgehead atoms. The number of pyridine rings is 1. The molecule has 1 aliphatic rings. The summed E-state index contributed by atoms with van der Waals surface area (Å²) in [7, 11) is 0. The Labute approximate surface area is 169 Å². The predicted molar refractivity (Wildman–Crippen MR) is 115 cm³/mol. The topological polar surface area (TPSA) is 57.3 Å². The maximum absolute atomic E-state index is 12.3. The normalized spacial score (nSPS) is 13.4. The van der Waals surface area contributed by atoms with Gasteiger partial charge in [-0.25, -0.2) is 4.98 Å². The number of carbonyl (C=O) groups excluding carboxylic acids is 1. The molecule has 0 radical (unpaired) electrons. The Morgan fingerprint density at radius 2 is 1.50 bits per heavy atom. The molecule has 0 unspecified atom stereocenters. The number of anilines is 4. The molecule has 142 valence electrons. The van der Waals surface area contributed by atoms with Crippen LogP contribution in [0.4, 0.5) is 22.7 Å². The number of carbonyl (C=O) groups is 1. The number of aromatic nitrogens is 1. The van der Waals surface area contributed by atoms with Crippen molar-refractivity contribution in [3.63, 3.8) is 0 Å². The SMILES string of the molecule is O=C(Nc1ccc(Cl)cc1)c1ccc(Nc2ccc(N3CCCC3)cc2)cn1. The highest BCUT2D eigenvalue weighted by Gasteiger charge is 2.12. The summed E-state index contributed by atoms with van der Waals surface area (Å²) in [5.41, 5.74) is 4.11. The van der Waals surface area contributed by atoms with Gasteiger partial charge in [0.1, 0.15) is 5.69 Å². The zero-order chi connectivity index (χ0) is 19.3. The third-order valence-corrected chi connectivity index (χ3v) is 4.98. The van der Waals surface area contributed by atoms with Crippen molar-refractivity contribution in [2.45, 2.75) is 12.8 Å². The Morgan fingerprint density at radius 1 is 0.857 bits per heavy atom. The molecule has 1 aliphatic heterocycles. The van der Waals surface area contributed by atoms with E-state index in [1.54, 1.807) is 36.5 Å². The summed E-state index contributed by atoms with van der Waals surface area (Å²) in [6.07, 6.45) is 4.19. The molecule has 2 aromatic carbocycles. The Hall–Kier alpha value is -3.05. The van der Waals surface area contributed by atoms with E-state index in [2.05, 4.69) is 44.8 Å². The van der Waals surface area contributed by atoms with E-state index in [0.717, 1.165) is 24.5 Å². The molecule has 0 aliphatic carbocycles. The molecule has 3 aromatic rings. The van der Waals surface area contributed by atoms with E-state index < -0.39 is 0 Å². The Bertz CT molecular complexity index is 934. The van der Waals surface area contributed by atoms with Gasteiger partial charge in [-0.05, 0) is 73.5 Å². The highest BCUT2D eigenvalue weighted by Crippen LogP contribution is 2.24. The molecule has 6 heteroatoms. The first-order valence-electron chi connectivity index (χ1n) is 9.32. The minimum absolute atomic E-state index is 0.260. The lowest BCUT2D eigenvalue weighted by molar-refractivity contribution is 0.102. The maximum Gasteiger partial charge on any atom is 0.274 e. The fraction of sp³-hybridized carbons (Fsp3) is 0.182. The van der Waals surface area contributed by atoms with Crippen molar-refractivity contribution in [3.05, 3.63) is 77.6 Å². The Balaban J connectivity index is 1.37. The first-order chi connectivity index (χ1) is 13.7. The van der Waals surface area contributed by atoms with E-state index in [9.17, 15) is 4.79 Å². The summed E-state index contributed by atoms with van der Waals surface area (Å²) in [5, 5.41) is 6.74. The van der Waals surface area contributed by atoms with Gasteiger partial charge in [0.15, 0.2) is 0 Å². The van der Waals surface area contributed by atoms with Gasteiger partial charge in [-0.2, -0.15) is 0 Å². The van der Waals surface area contributed by atoms with E-state index >= 15 is 0 Å². The van der Waals surface area contributed by atoms with Crippen LogP contribution in [0.25, 0.3) is 0 Å². The number of nitrogens with zero attached hydrogens (tertiary/aromatic N) is 2. The van der Waals surface area contributed by atoms with Gasteiger partial charge in [-0.3, -0.25) is 4.79 Å². The van der Waals surface area contributed by atoms with Crippen LogP contribution in [-0.2, 0) is 0 Å². The molecule has 0 saturated carbocycles. The Morgan fingerprint density at radius 3 is 2.14 bits per heavy atom. The van der Waals surface area contributed by atoms with Crippen LogP contribution in [0.1, 0.15) is 23.3 Å². The Kier molecular flexibility index (Phi) is 5.44. The van der Waals surface area contributed by atoms with Crippen molar-refractivity contribution in [2.75, 3.05) is 28.6 Å². The summed E-state index contributed by atoms with van der Waals surface area (Å²) in [6, 6.07) is 18.9. The standard InChI is InChI=1S/C22H21ClN4O/c23-16-3-5-18(6-4-16)26-22(28)21-12-9-19(15-24-21)25-17-7-10-20(11-8-17)27-13-1-2-14-27/h3-12,15,25H,1-2,13-14H2,(H,26,28). The fourth-order valence-corrected chi connectivity index (χ4v) is 3.35. The van der Waals surface area contributed by atoms with E-state index in [4.69, 9.17) is 11.6 Å². The van der Waals surface area contributed by atoms with Crippen molar-refractivity contribution in [3.8, 4) is 0 Å². The smallest absolute Gasteiger partial charge is 0.274 e. The molecule has 2 N–H and O–H groups in total. The number of amides is 1. The lowest BCUT2D eigenvalue weighted by Gasteiger charge is -2.18. The van der Waals surface area contributed by atoms with Crippen molar-refractivity contribution in [1.29, 1.82) is 0 Å². The number of halogens is 1. The average Bonchev–Trinajstić information content (AvgIpc) is 3.26. The van der Waals surface area contributed by atoms with Crippen LogP contribution >= 0.6 is 11.6 Å². The molecule has 0 spiro atoms. The van der Waals surface area contributed by atoms with Crippen molar-refractivity contribution >= 4 is 40.3 Å². The number of rotatable bonds is 5. The molecule has 1 saturated heterocycles. The number of hydrogen-bond acceptors (Lipinski definition) is 4. The molecule has 1 amide bonds. The van der Waals surface area contributed by atoms with Gasteiger partial charge < -0.3 is 15.5 Å². The van der Waals surface area contributed by atoms with Crippen LogP contribution in [-0.4, -0.2) is 24.0 Å². The second kappa shape index (κ2) is 8.31. The lowest BCUT2D eigenvalue weighted by Crippen LogP contribution is -2.17. The first-order valence-corrected chi connectivity index (χ1v) is 9.70. The molecule has 1 fully saturated rings. The third-order valence-electron chi connectivity index (χ3n) is 4.73. The zero-order valence-electron chi connectivity index (χ0n) is 15.4. The summed E-state index contributed by atoms with van der Waals surface area (Å²) in [4.78, 5) is 19.0.